The number of carbonyl (C=O) groups is 1. The molecular formula is C17H24O10. The van der Waals surface area contributed by atoms with Crippen LogP contribution in [0, 0.1) is 11.8 Å². The number of carbonyl (C=O) groups excluding carboxylic acids is 1. The first-order valence-electron chi connectivity index (χ1n) is 8.59. The molecule has 3 rings (SSSR count). The van der Waals surface area contributed by atoms with Crippen molar-refractivity contribution in [3.8, 4) is 0 Å². The number of ether oxygens (including phenoxy) is 5. The molecule has 0 amide bonds. The Kier molecular flexibility index (Phi) is 6.16. The number of rotatable bonds is 5. The molecule has 9 atom stereocenters. The zero-order valence-electron chi connectivity index (χ0n) is 14.7. The highest BCUT2D eigenvalue weighted by Crippen LogP contribution is 2.40. The van der Waals surface area contributed by atoms with E-state index in [4.69, 9.17) is 23.7 Å². The lowest BCUT2D eigenvalue weighted by molar-refractivity contribution is -0.340. The summed E-state index contributed by atoms with van der Waals surface area (Å²) in [6.45, 7) is 3.18. The third-order valence-electron chi connectivity index (χ3n) is 5.08. The van der Waals surface area contributed by atoms with Crippen LogP contribution in [0.2, 0.25) is 0 Å². The molecule has 0 aromatic heterocycles. The molecule has 27 heavy (non-hydrogen) atoms. The largest absolute Gasteiger partial charge is 0.471 e. The Hall–Kier alpha value is -1.53. The monoisotopic (exact) mass is 388 g/mol. The van der Waals surface area contributed by atoms with Gasteiger partial charge in [-0.05, 0) is 0 Å². The molecule has 0 radical (unpaired) electrons. The summed E-state index contributed by atoms with van der Waals surface area (Å²) >= 11 is 0. The molecule has 2 fully saturated rings. The summed E-state index contributed by atoms with van der Waals surface area (Å²) in [4.78, 5) is 12.1. The van der Waals surface area contributed by atoms with Crippen molar-refractivity contribution in [3.63, 3.8) is 0 Å². The minimum absolute atomic E-state index is 0.321. The standard InChI is InChI=1S/C17H24O10/c1-3-7-8-4-11(23-2)26-15(22)9(8)6-24-16(7)27-17-14(21)13(20)12(19)10(5-18)25-17/h3,6-8,10-14,16-21H,1,4-5H2,2H3/t7-,8-,10-,11+,12+,13+,14-,16-,17-/m0/s1. The smallest absolute Gasteiger partial charge is 0.339 e. The van der Waals surface area contributed by atoms with Crippen LogP contribution in [0.1, 0.15) is 6.42 Å². The summed E-state index contributed by atoms with van der Waals surface area (Å²) in [6, 6.07) is 0. The van der Waals surface area contributed by atoms with Gasteiger partial charge in [-0.15, -0.1) is 6.58 Å². The number of hydrogen-bond donors (Lipinski definition) is 4. The van der Waals surface area contributed by atoms with Gasteiger partial charge in [-0.25, -0.2) is 4.79 Å². The molecule has 2 saturated heterocycles. The molecule has 0 aliphatic carbocycles. The van der Waals surface area contributed by atoms with Gasteiger partial charge in [0.15, 0.2) is 6.29 Å². The Morgan fingerprint density at radius 2 is 2.00 bits per heavy atom. The minimum Gasteiger partial charge on any atom is -0.471 e. The van der Waals surface area contributed by atoms with Crippen LogP contribution >= 0.6 is 0 Å². The first-order valence-corrected chi connectivity index (χ1v) is 8.59. The predicted octanol–water partition coefficient (Wildman–Crippen LogP) is -1.62. The minimum atomic E-state index is -1.57. The van der Waals surface area contributed by atoms with Crippen LogP contribution < -0.4 is 0 Å². The third-order valence-corrected chi connectivity index (χ3v) is 5.08. The van der Waals surface area contributed by atoms with Crippen LogP contribution in [0.15, 0.2) is 24.5 Å². The average Bonchev–Trinajstić information content (AvgIpc) is 2.67. The van der Waals surface area contributed by atoms with Gasteiger partial charge in [-0.2, -0.15) is 0 Å². The first-order chi connectivity index (χ1) is 12.9. The van der Waals surface area contributed by atoms with Crippen molar-refractivity contribution in [2.75, 3.05) is 13.7 Å². The lowest BCUT2D eigenvalue weighted by Gasteiger charge is -2.44. The van der Waals surface area contributed by atoms with Crippen molar-refractivity contribution in [3.05, 3.63) is 24.5 Å². The van der Waals surface area contributed by atoms with E-state index in [9.17, 15) is 25.2 Å². The van der Waals surface area contributed by atoms with Crippen molar-refractivity contribution >= 4 is 5.97 Å². The van der Waals surface area contributed by atoms with Crippen molar-refractivity contribution < 1.29 is 48.9 Å². The third kappa shape index (κ3) is 3.74. The summed E-state index contributed by atoms with van der Waals surface area (Å²) in [5.41, 5.74) is 0.321. The van der Waals surface area contributed by atoms with Crippen LogP contribution in [0.4, 0.5) is 0 Å². The predicted molar refractivity (Wildman–Crippen MR) is 86.5 cm³/mol. The zero-order chi connectivity index (χ0) is 19.7. The van der Waals surface area contributed by atoms with Gasteiger partial charge in [-0.1, -0.05) is 6.08 Å². The Bertz CT molecular complexity index is 590. The molecule has 0 unspecified atom stereocenters. The number of esters is 1. The SMILES string of the molecule is C=C[C@@H]1[C@H](O[C@@H]2O[C@@H](CO)[C@@H](O)[C@@H](O)[C@@H]2O)OC=C2C(=O)O[C@@H](OC)C[C@H]21. The van der Waals surface area contributed by atoms with E-state index in [1.54, 1.807) is 6.08 Å². The second-order valence-corrected chi connectivity index (χ2v) is 6.64. The van der Waals surface area contributed by atoms with Gasteiger partial charge >= 0.3 is 5.97 Å². The summed E-state index contributed by atoms with van der Waals surface area (Å²) in [7, 11) is 1.43. The molecule has 10 nitrogen and oxygen atoms in total. The molecule has 0 spiro atoms. The fraction of sp³-hybridized carbons (Fsp3) is 0.706. The van der Waals surface area contributed by atoms with Gasteiger partial charge in [0, 0.05) is 25.4 Å². The lowest BCUT2D eigenvalue weighted by Crippen LogP contribution is -2.60. The molecule has 3 aliphatic rings. The Morgan fingerprint density at radius 3 is 2.63 bits per heavy atom. The summed E-state index contributed by atoms with van der Waals surface area (Å²) in [5, 5.41) is 39.1. The van der Waals surface area contributed by atoms with E-state index in [1.165, 1.54) is 13.4 Å². The van der Waals surface area contributed by atoms with Crippen molar-refractivity contribution in [1.29, 1.82) is 0 Å². The van der Waals surface area contributed by atoms with Crippen LogP contribution in [-0.2, 0) is 28.5 Å². The van der Waals surface area contributed by atoms with Gasteiger partial charge in [0.2, 0.25) is 12.6 Å². The zero-order valence-corrected chi connectivity index (χ0v) is 14.7. The molecule has 4 N–H and O–H groups in total. The van der Waals surface area contributed by atoms with Gasteiger partial charge < -0.3 is 44.1 Å². The van der Waals surface area contributed by atoms with Crippen molar-refractivity contribution in [2.24, 2.45) is 11.8 Å². The average molecular weight is 388 g/mol. The van der Waals surface area contributed by atoms with Crippen LogP contribution in [-0.4, -0.2) is 83.4 Å². The van der Waals surface area contributed by atoms with E-state index < -0.39 is 61.8 Å². The van der Waals surface area contributed by atoms with E-state index >= 15 is 0 Å². The number of hydrogen-bond acceptors (Lipinski definition) is 10. The van der Waals surface area contributed by atoms with Crippen molar-refractivity contribution in [2.45, 2.75) is 49.7 Å². The van der Waals surface area contributed by atoms with Crippen LogP contribution in [0.3, 0.4) is 0 Å². The quantitative estimate of drug-likeness (QED) is 0.320. The molecule has 152 valence electrons. The van der Waals surface area contributed by atoms with E-state index in [2.05, 4.69) is 6.58 Å². The van der Waals surface area contributed by atoms with E-state index in [-0.39, 0.29) is 5.92 Å². The van der Waals surface area contributed by atoms with Gasteiger partial charge in [-0.3, -0.25) is 0 Å². The second kappa shape index (κ2) is 8.23. The Morgan fingerprint density at radius 1 is 1.26 bits per heavy atom. The fourth-order valence-electron chi connectivity index (χ4n) is 3.50. The molecule has 0 aromatic carbocycles. The van der Waals surface area contributed by atoms with Gasteiger partial charge in [0.25, 0.3) is 0 Å². The highest BCUT2D eigenvalue weighted by atomic mass is 16.8. The fourth-order valence-corrected chi connectivity index (χ4v) is 3.50. The highest BCUT2D eigenvalue weighted by molar-refractivity contribution is 5.89. The van der Waals surface area contributed by atoms with Gasteiger partial charge in [0.05, 0.1) is 18.4 Å². The summed E-state index contributed by atoms with van der Waals surface area (Å²) < 4.78 is 26.7. The van der Waals surface area contributed by atoms with Crippen LogP contribution in [0.25, 0.3) is 0 Å². The number of cyclic esters (lactones) is 1. The van der Waals surface area contributed by atoms with Gasteiger partial charge in [0.1, 0.15) is 24.4 Å². The first kappa shape index (κ1) is 20.2. The van der Waals surface area contributed by atoms with E-state index in [0.29, 0.717) is 12.0 Å². The van der Waals surface area contributed by atoms with E-state index in [0.717, 1.165) is 0 Å². The van der Waals surface area contributed by atoms with Crippen molar-refractivity contribution in [1.82, 2.24) is 0 Å². The van der Waals surface area contributed by atoms with E-state index in [1.807, 2.05) is 0 Å². The highest BCUT2D eigenvalue weighted by Gasteiger charge is 2.49. The number of methoxy groups -OCH3 is 1. The molecular weight excluding hydrogens is 364 g/mol. The maximum Gasteiger partial charge on any atom is 0.339 e. The normalized spacial score (nSPS) is 44.6. The molecule has 3 heterocycles. The number of aliphatic hydroxyl groups excluding tert-OH is 4. The van der Waals surface area contributed by atoms with Crippen LogP contribution in [0.5, 0.6) is 0 Å². The molecule has 10 heteroatoms. The lowest BCUT2D eigenvalue weighted by atomic mass is 9.80. The maximum atomic E-state index is 12.1. The number of aliphatic hydroxyl groups is 4. The molecule has 0 bridgehead atoms. The summed E-state index contributed by atoms with van der Waals surface area (Å²) in [5.74, 6) is -1.41. The molecule has 3 aliphatic heterocycles. The summed E-state index contributed by atoms with van der Waals surface area (Å²) in [6.07, 6.45) is -5.65. The Labute approximate surface area is 155 Å². The molecule has 0 aromatic rings. The second-order valence-electron chi connectivity index (χ2n) is 6.64. The molecule has 0 saturated carbocycles. The number of fused-ring (bicyclic) bond motifs is 1. The maximum absolute atomic E-state index is 12.1. The topological polar surface area (TPSA) is 144 Å². The Balaban J connectivity index is 1.77.